The Morgan fingerprint density at radius 3 is 2.24 bits per heavy atom. The van der Waals surface area contributed by atoms with Gasteiger partial charge in [0, 0.05) is 11.1 Å². The molecule has 0 fully saturated rings. The van der Waals surface area contributed by atoms with E-state index in [1.165, 1.54) is 0 Å². The first-order chi connectivity index (χ1) is 17.7. The van der Waals surface area contributed by atoms with Gasteiger partial charge in [0.2, 0.25) is 0 Å². The van der Waals surface area contributed by atoms with Crippen LogP contribution in [-0.4, -0.2) is 23.8 Å². The summed E-state index contributed by atoms with van der Waals surface area (Å²) in [6.07, 6.45) is 0. The van der Waals surface area contributed by atoms with Crippen molar-refractivity contribution >= 4 is 12.9 Å². The van der Waals surface area contributed by atoms with Gasteiger partial charge in [0.25, 0.3) is 0 Å². The van der Waals surface area contributed by atoms with Crippen molar-refractivity contribution in [3.8, 4) is 28.7 Å². The van der Waals surface area contributed by atoms with Gasteiger partial charge < -0.3 is 14.5 Å². The number of para-hydroxylation sites is 2. The zero-order chi connectivity index (χ0) is 26.0. The summed E-state index contributed by atoms with van der Waals surface area (Å²) in [7, 11) is 1.69. The van der Waals surface area contributed by atoms with Crippen LogP contribution < -0.4 is 10.2 Å². The molecule has 2 aliphatic rings. The lowest BCUT2D eigenvalue weighted by Gasteiger charge is -2.41. The number of ether oxygens (including phenoxy) is 1. The molecule has 0 bridgehead atoms. The summed E-state index contributed by atoms with van der Waals surface area (Å²) < 4.78 is 12.8. The number of benzene rings is 4. The molecule has 1 heterocycles. The Kier molecular flexibility index (Phi) is 5.14. The lowest BCUT2D eigenvalue weighted by Crippen LogP contribution is -2.49. The van der Waals surface area contributed by atoms with Gasteiger partial charge in [0.15, 0.2) is 0 Å². The van der Waals surface area contributed by atoms with E-state index in [1.54, 1.807) is 21.3 Å². The van der Waals surface area contributed by atoms with Gasteiger partial charge in [-0.3, -0.25) is 0 Å². The molecule has 1 unspecified atom stereocenters. The summed E-state index contributed by atoms with van der Waals surface area (Å²) in [4.78, 5) is 0. The van der Waals surface area contributed by atoms with Crippen LogP contribution in [0.3, 0.4) is 0 Å². The van der Waals surface area contributed by atoms with Crippen LogP contribution in [0.4, 0.5) is 0 Å². The topological polar surface area (TPSA) is 62.5 Å². The van der Waals surface area contributed by atoms with E-state index in [2.05, 4.69) is 48.5 Å². The van der Waals surface area contributed by atoms with Crippen LogP contribution in [0.5, 0.6) is 11.5 Å². The molecule has 0 saturated carbocycles. The number of rotatable bonds is 4. The second-order valence-corrected chi connectivity index (χ2v) is 10.8. The Morgan fingerprint density at radius 1 is 0.811 bits per heavy atom. The average molecular weight is 484 g/mol. The van der Waals surface area contributed by atoms with E-state index in [1.807, 2.05) is 56.3 Å². The number of nitrogens with zero attached hydrogens (tertiary/aromatic N) is 1. The van der Waals surface area contributed by atoms with Crippen molar-refractivity contribution in [3.63, 3.8) is 0 Å². The third-order valence-corrected chi connectivity index (χ3v) is 8.08. The fraction of sp³-hybridized carbons (Fsp3) is 0.219. The highest BCUT2D eigenvalue weighted by Crippen LogP contribution is 2.61. The Balaban J connectivity index is 1.64. The summed E-state index contributed by atoms with van der Waals surface area (Å²) >= 11 is 0. The predicted molar refractivity (Wildman–Crippen MR) is 145 cm³/mol. The van der Waals surface area contributed by atoms with E-state index in [-0.39, 0.29) is 0 Å². The second-order valence-electron chi connectivity index (χ2n) is 10.8. The molecule has 181 valence electrons. The van der Waals surface area contributed by atoms with Crippen molar-refractivity contribution in [2.45, 2.75) is 44.3 Å². The molecule has 4 nitrogen and oxygen atoms in total. The number of nitriles is 1. The fourth-order valence-corrected chi connectivity index (χ4v) is 5.46. The molecule has 4 aromatic carbocycles. The molecule has 37 heavy (non-hydrogen) atoms. The second kappa shape index (κ2) is 8.08. The van der Waals surface area contributed by atoms with Gasteiger partial charge in [-0.25, -0.2) is 0 Å². The molecule has 0 saturated heterocycles. The zero-order valence-corrected chi connectivity index (χ0v) is 21.4. The maximum absolute atomic E-state index is 10.6. The summed E-state index contributed by atoms with van der Waals surface area (Å²) in [5.41, 5.74) is 5.40. The van der Waals surface area contributed by atoms with Crippen LogP contribution in [0.2, 0.25) is 0 Å². The Bertz CT molecular complexity index is 1590. The summed E-state index contributed by atoms with van der Waals surface area (Å²) in [6, 6.07) is 31.0. The molecule has 1 radical (unpaired) electrons. The molecule has 5 heteroatoms. The lowest BCUT2D eigenvalue weighted by molar-refractivity contribution is -0.0893. The largest absolute Gasteiger partial charge is 0.457 e. The molecule has 1 aliphatic carbocycles. The summed E-state index contributed by atoms with van der Waals surface area (Å²) in [5.74, 6) is 1.47. The summed E-state index contributed by atoms with van der Waals surface area (Å²) in [5, 5.41) is 20.4. The minimum Gasteiger partial charge on any atom is -0.457 e. The number of aliphatic hydroxyl groups is 1. The summed E-state index contributed by atoms with van der Waals surface area (Å²) in [6.45, 7) is 7.21. The molecule has 1 spiro atoms. The highest BCUT2D eigenvalue weighted by molar-refractivity contribution is 6.48. The van der Waals surface area contributed by atoms with Crippen LogP contribution in [0.25, 0.3) is 11.1 Å². The van der Waals surface area contributed by atoms with Gasteiger partial charge in [-0.05, 0) is 73.6 Å². The fourth-order valence-electron chi connectivity index (χ4n) is 5.46. The molecular formula is C32H27BNO3. The first-order valence-corrected chi connectivity index (χ1v) is 12.5. The third-order valence-electron chi connectivity index (χ3n) is 8.08. The van der Waals surface area contributed by atoms with E-state index in [9.17, 15) is 10.4 Å². The molecule has 4 aromatic rings. The minimum atomic E-state index is -1.05. The van der Waals surface area contributed by atoms with Crippen molar-refractivity contribution in [2.75, 3.05) is 0 Å². The zero-order valence-electron chi connectivity index (χ0n) is 21.4. The Labute approximate surface area is 218 Å². The monoisotopic (exact) mass is 484 g/mol. The van der Waals surface area contributed by atoms with Gasteiger partial charge in [-0.2, -0.15) is 5.26 Å². The molecule has 6 rings (SSSR count). The van der Waals surface area contributed by atoms with Gasteiger partial charge in [0.1, 0.15) is 11.5 Å². The van der Waals surface area contributed by atoms with E-state index < -0.39 is 16.6 Å². The van der Waals surface area contributed by atoms with Crippen LogP contribution in [0.15, 0.2) is 84.9 Å². The molecule has 1 N–H and O–H groups in total. The molecule has 1 atom stereocenters. The maximum atomic E-state index is 10.6. The first-order valence-electron chi connectivity index (χ1n) is 12.5. The minimum absolute atomic E-state index is 0.620. The van der Waals surface area contributed by atoms with Crippen LogP contribution >= 0.6 is 0 Å². The predicted octanol–water partition coefficient (Wildman–Crippen LogP) is 5.84. The Hall–Kier alpha value is -3.85. The van der Waals surface area contributed by atoms with Crippen LogP contribution in [0.1, 0.15) is 55.5 Å². The van der Waals surface area contributed by atoms with E-state index >= 15 is 0 Å². The normalized spacial score (nSPS) is 17.2. The molecule has 0 amide bonds. The van der Waals surface area contributed by atoms with Gasteiger partial charge >= 0.3 is 7.48 Å². The number of fused-ring (bicyclic) bond motifs is 9. The maximum Gasteiger partial charge on any atom is 0.334 e. The molecule has 0 aromatic heterocycles. The number of hydrogen-bond donors (Lipinski definition) is 1. The average Bonchev–Trinajstić information content (AvgIpc) is 3.17. The van der Waals surface area contributed by atoms with E-state index in [4.69, 9.17) is 9.39 Å². The van der Waals surface area contributed by atoms with Gasteiger partial charge in [-0.1, -0.05) is 66.7 Å². The van der Waals surface area contributed by atoms with Crippen molar-refractivity contribution < 1.29 is 14.5 Å². The van der Waals surface area contributed by atoms with Gasteiger partial charge in [0.05, 0.1) is 28.2 Å². The number of hydrogen-bond acceptors (Lipinski definition) is 4. The quantitative estimate of drug-likeness (QED) is 0.320. The highest BCUT2D eigenvalue weighted by atomic mass is 16.5. The van der Waals surface area contributed by atoms with Gasteiger partial charge in [-0.15, -0.1) is 0 Å². The first kappa shape index (κ1) is 23.5. The SMILES string of the molecule is CC(C)(O)C(C)(C)O[B]c1cccc2c1Oc1ccccc1C21c2ccccc2-c2ccc(C#N)cc21. The third kappa shape index (κ3) is 3.30. The highest BCUT2D eigenvalue weighted by Gasteiger charge is 2.51. The van der Waals surface area contributed by atoms with E-state index in [0.29, 0.717) is 11.3 Å². The van der Waals surface area contributed by atoms with Crippen molar-refractivity contribution in [1.82, 2.24) is 0 Å². The molecular weight excluding hydrogens is 457 g/mol. The van der Waals surface area contributed by atoms with E-state index in [0.717, 1.165) is 44.6 Å². The van der Waals surface area contributed by atoms with Crippen molar-refractivity contribution in [1.29, 1.82) is 5.26 Å². The van der Waals surface area contributed by atoms with Crippen LogP contribution in [-0.2, 0) is 10.1 Å². The van der Waals surface area contributed by atoms with Crippen molar-refractivity contribution in [3.05, 3.63) is 113 Å². The lowest BCUT2D eigenvalue weighted by atomic mass is 9.64. The van der Waals surface area contributed by atoms with Crippen LogP contribution in [0, 0.1) is 11.3 Å². The smallest absolute Gasteiger partial charge is 0.334 e. The Morgan fingerprint density at radius 2 is 1.49 bits per heavy atom. The standard InChI is InChI=1S/C32H27BNO3/c1-30(2,35)31(3,4)37-33-27-14-9-13-25-29(27)36-28-15-8-7-12-24(28)32(25)23-11-6-5-10-21(23)22-17-16-20(19-34)18-26(22)32/h5-18,35H,1-4H3. The molecule has 1 aliphatic heterocycles. The van der Waals surface area contributed by atoms with Crippen molar-refractivity contribution in [2.24, 2.45) is 0 Å².